The van der Waals surface area contributed by atoms with Gasteiger partial charge >= 0.3 is 0 Å². The predicted molar refractivity (Wildman–Crippen MR) is 74.7 cm³/mol. The van der Waals surface area contributed by atoms with E-state index in [0.29, 0.717) is 16.3 Å². The van der Waals surface area contributed by atoms with Crippen LogP contribution in [0.15, 0.2) is 27.8 Å². The van der Waals surface area contributed by atoms with Gasteiger partial charge in [0.15, 0.2) is 5.03 Å². The SMILES string of the molecule is CC(C)SCCNS(=O)(=O)c1ncccc1Br. The first-order valence-electron chi connectivity index (χ1n) is 5.15. The molecule has 96 valence electrons. The Morgan fingerprint density at radius 2 is 2.24 bits per heavy atom. The number of thioether (sulfide) groups is 1. The lowest BCUT2D eigenvalue weighted by atomic mass is 10.5. The fourth-order valence-electron chi connectivity index (χ4n) is 1.11. The van der Waals surface area contributed by atoms with Crippen LogP contribution < -0.4 is 4.72 Å². The fourth-order valence-corrected chi connectivity index (χ4v) is 3.85. The van der Waals surface area contributed by atoms with Gasteiger partial charge in [0.2, 0.25) is 0 Å². The summed E-state index contributed by atoms with van der Waals surface area (Å²) in [6, 6.07) is 3.34. The lowest BCUT2D eigenvalue weighted by molar-refractivity contribution is 0.579. The van der Waals surface area contributed by atoms with Crippen molar-refractivity contribution in [2.75, 3.05) is 12.3 Å². The molecule has 1 aromatic heterocycles. The normalized spacial score (nSPS) is 12.0. The lowest BCUT2D eigenvalue weighted by Gasteiger charge is -2.08. The number of nitrogens with zero attached hydrogens (tertiary/aromatic N) is 1. The van der Waals surface area contributed by atoms with Crippen molar-refractivity contribution in [3.63, 3.8) is 0 Å². The summed E-state index contributed by atoms with van der Waals surface area (Å²) in [7, 11) is -3.51. The quantitative estimate of drug-likeness (QED) is 0.808. The molecule has 1 aromatic rings. The van der Waals surface area contributed by atoms with Gasteiger partial charge < -0.3 is 0 Å². The Bertz CT molecular complexity index is 463. The van der Waals surface area contributed by atoms with Crippen molar-refractivity contribution < 1.29 is 8.42 Å². The van der Waals surface area contributed by atoms with Gasteiger partial charge in [0.05, 0.1) is 4.47 Å². The molecule has 0 aliphatic rings. The molecule has 0 aliphatic carbocycles. The summed E-state index contributed by atoms with van der Waals surface area (Å²) in [5, 5.41) is 0.538. The molecule has 1 rings (SSSR count). The second-order valence-corrected chi connectivity index (χ2v) is 7.83. The van der Waals surface area contributed by atoms with Crippen molar-refractivity contribution in [3.8, 4) is 0 Å². The smallest absolute Gasteiger partial charge is 0.242 e. The Kier molecular flexibility index (Phi) is 5.91. The molecule has 4 nitrogen and oxygen atoms in total. The van der Waals surface area contributed by atoms with E-state index in [2.05, 4.69) is 39.5 Å². The maximum atomic E-state index is 11.9. The van der Waals surface area contributed by atoms with Gasteiger partial charge in [-0.25, -0.2) is 18.1 Å². The molecular weight excluding hydrogens is 324 g/mol. The van der Waals surface area contributed by atoms with E-state index in [1.165, 1.54) is 6.20 Å². The Morgan fingerprint density at radius 3 is 2.82 bits per heavy atom. The van der Waals surface area contributed by atoms with E-state index in [-0.39, 0.29) is 5.03 Å². The van der Waals surface area contributed by atoms with Crippen LogP contribution in [0, 0.1) is 0 Å². The monoisotopic (exact) mass is 338 g/mol. The highest BCUT2D eigenvalue weighted by molar-refractivity contribution is 9.10. The van der Waals surface area contributed by atoms with Crippen LogP contribution in [0.4, 0.5) is 0 Å². The molecule has 0 unspecified atom stereocenters. The third-order valence-corrected chi connectivity index (χ3v) is 5.25. The zero-order valence-corrected chi connectivity index (χ0v) is 12.9. The average Bonchev–Trinajstić information content (AvgIpc) is 2.24. The van der Waals surface area contributed by atoms with E-state index in [4.69, 9.17) is 0 Å². The zero-order valence-electron chi connectivity index (χ0n) is 9.68. The minimum atomic E-state index is -3.51. The number of sulfonamides is 1. The second kappa shape index (κ2) is 6.72. The molecule has 0 fully saturated rings. The molecule has 0 atom stereocenters. The summed E-state index contributed by atoms with van der Waals surface area (Å²) < 4.78 is 26.8. The third-order valence-electron chi connectivity index (χ3n) is 1.82. The number of aromatic nitrogens is 1. The lowest BCUT2D eigenvalue weighted by Crippen LogP contribution is -2.27. The molecule has 0 aliphatic heterocycles. The van der Waals surface area contributed by atoms with Crippen LogP contribution in [0.2, 0.25) is 0 Å². The van der Waals surface area contributed by atoms with Crippen LogP contribution in [-0.2, 0) is 10.0 Å². The van der Waals surface area contributed by atoms with E-state index in [0.717, 1.165) is 5.75 Å². The second-order valence-electron chi connectivity index (χ2n) is 3.61. The van der Waals surface area contributed by atoms with Crippen LogP contribution >= 0.6 is 27.7 Å². The minimum absolute atomic E-state index is 0.0366. The molecule has 7 heteroatoms. The molecule has 17 heavy (non-hydrogen) atoms. The molecule has 0 saturated heterocycles. The molecular formula is C10H15BrN2O2S2. The maximum absolute atomic E-state index is 11.9. The maximum Gasteiger partial charge on any atom is 0.259 e. The summed E-state index contributed by atoms with van der Waals surface area (Å²) >= 11 is 4.89. The Labute approximate surface area is 115 Å². The van der Waals surface area contributed by atoms with Crippen LogP contribution in [0.1, 0.15) is 13.8 Å². The molecule has 0 amide bonds. The fraction of sp³-hybridized carbons (Fsp3) is 0.500. The topological polar surface area (TPSA) is 59.1 Å². The van der Waals surface area contributed by atoms with Gasteiger partial charge in [0.25, 0.3) is 10.0 Å². The van der Waals surface area contributed by atoms with Crippen molar-refractivity contribution >= 4 is 37.7 Å². The minimum Gasteiger partial charge on any atom is -0.242 e. The third kappa shape index (κ3) is 4.95. The molecule has 0 spiro atoms. The highest BCUT2D eigenvalue weighted by atomic mass is 79.9. The Balaban J connectivity index is 2.61. The van der Waals surface area contributed by atoms with Gasteiger partial charge in [0.1, 0.15) is 0 Å². The highest BCUT2D eigenvalue weighted by Crippen LogP contribution is 2.18. The van der Waals surface area contributed by atoms with Crippen LogP contribution in [0.25, 0.3) is 0 Å². The summed E-state index contributed by atoms with van der Waals surface area (Å²) in [4.78, 5) is 3.86. The zero-order chi connectivity index (χ0) is 12.9. The van der Waals surface area contributed by atoms with Crippen molar-refractivity contribution in [2.45, 2.75) is 24.1 Å². The molecule has 0 saturated carbocycles. The number of hydrogen-bond donors (Lipinski definition) is 1. The van der Waals surface area contributed by atoms with E-state index in [9.17, 15) is 8.42 Å². The van der Waals surface area contributed by atoms with Gasteiger partial charge in [-0.1, -0.05) is 13.8 Å². The summed E-state index contributed by atoms with van der Waals surface area (Å²) in [6.07, 6.45) is 1.46. The van der Waals surface area contributed by atoms with E-state index < -0.39 is 10.0 Å². The number of nitrogens with one attached hydrogen (secondary N) is 1. The van der Waals surface area contributed by atoms with Crippen molar-refractivity contribution in [2.24, 2.45) is 0 Å². The molecule has 0 bridgehead atoms. The van der Waals surface area contributed by atoms with Crippen molar-refractivity contribution in [3.05, 3.63) is 22.8 Å². The van der Waals surface area contributed by atoms with Crippen LogP contribution in [-0.4, -0.2) is 30.9 Å². The first-order valence-corrected chi connectivity index (χ1v) is 8.48. The van der Waals surface area contributed by atoms with E-state index in [1.807, 2.05) is 0 Å². The van der Waals surface area contributed by atoms with Gasteiger partial charge in [-0.15, -0.1) is 0 Å². The van der Waals surface area contributed by atoms with Gasteiger partial charge in [-0.2, -0.15) is 11.8 Å². The Hall–Kier alpha value is -0.110. The van der Waals surface area contributed by atoms with Gasteiger partial charge in [0, 0.05) is 18.5 Å². The van der Waals surface area contributed by atoms with Gasteiger partial charge in [-0.3, -0.25) is 0 Å². The number of hydrogen-bond acceptors (Lipinski definition) is 4. The summed E-state index contributed by atoms with van der Waals surface area (Å²) in [5.41, 5.74) is 0. The highest BCUT2D eigenvalue weighted by Gasteiger charge is 2.17. The number of halogens is 1. The van der Waals surface area contributed by atoms with Gasteiger partial charge in [-0.05, 0) is 33.3 Å². The number of pyridine rings is 1. The van der Waals surface area contributed by atoms with Crippen LogP contribution in [0.5, 0.6) is 0 Å². The predicted octanol–water partition coefficient (Wildman–Crippen LogP) is 2.26. The van der Waals surface area contributed by atoms with E-state index in [1.54, 1.807) is 23.9 Å². The average molecular weight is 339 g/mol. The van der Waals surface area contributed by atoms with Crippen LogP contribution in [0.3, 0.4) is 0 Å². The standard InChI is InChI=1S/C10H15BrN2O2S2/c1-8(2)16-7-6-13-17(14,15)10-9(11)4-3-5-12-10/h3-5,8,13H,6-7H2,1-2H3. The summed E-state index contributed by atoms with van der Waals surface area (Å²) in [5.74, 6) is 0.751. The number of rotatable bonds is 6. The molecule has 1 N–H and O–H groups in total. The largest absolute Gasteiger partial charge is 0.259 e. The molecule has 0 aromatic carbocycles. The Morgan fingerprint density at radius 1 is 1.53 bits per heavy atom. The first kappa shape index (κ1) is 14.9. The van der Waals surface area contributed by atoms with Crippen molar-refractivity contribution in [1.29, 1.82) is 0 Å². The van der Waals surface area contributed by atoms with Crippen molar-refractivity contribution in [1.82, 2.24) is 9.71 Å². The summed E-state index contributed by atoms with van der Waals surface area (Å²) in [6.45, 7) is 4.57. The molecule has 0 radical (unpaired) electrons. The first-order chi connectivity index (χ1) is 7.93. The van der Waals surface area contributed by atoms with E-state index >= 15 is 0 Å². The molecule has 1 heterocycles.